The molecule has 1 N–H and O–H groups in total. The Kier molecular flexibility index (Phi) is 1.93. The molecule has 1 aromatic rings. The molecule has 17 heavy (non-hydrogen) atoms. The molecule has 5 atom stereocenters. The zero-order chi connectivity index (χ0) is 11.4. The number of carbonyl (C=O) groups is 1. The predicted molar refractivity (Wildman–Crippen MR) is 61.9 cm³/mol. The lowest BCUT2D eigenvalue weighted by Gasteiger charge is -2.08. The Labute approximate surface area is 101 Å². The summed E-state index contributed by atoms with van der Waals surface area (Å²) in [4.78, 5) is 12.1. The molecule has 3 aliphatic carbocycles. The van der Waals surface area contributed by atoms with E-state index in [9.17, 15) is 4.79 Å². The molecule has 90 valence electrons. The molecule has 3 nitrogen and oxygen atoms in total. The molecule has 0 radical (unpaired) electrons. The van der Waals surface area contributed by atoms with E-state index in [1.807, 2.05) is 6.07 Å². The zero-order valence-electron chi connectivity index (χ0n) is 9.76. The SMILES string of the molecule is O=C(NCc1ccoc1)C1[C@@H]2[C@H]3CC[C@H](C3)[C@H]12. The van der Waals surface area contributed by atoms with Crippen molar-refractivity contribution in [1.29, 1.82) is 0 Å². The lowest BCUT2D eigenvalue weighted by Crippen LogP contribution is -2.26. The summed E-state index contributed by atoms with van der Waals surface area (Å²) < 4.78 is 4.99. The van der Waals surface area contributed by atoms with Gasteiger partial charge in [-0.25, -0.2) is 0 Å². The molecule has 4 rings (SSSR count). The molecule has 0 saturated heterocycles. The van der Waals surface area contributed by atoms with Crippen LogP contribution in [0.1, 0.15) is 24.8 Å². The van der Waals surface area contributed by atoms with Gasteiger partial charge in [-0.05, 0) is 49.0 Å². The van der Waals surface area contributed by atoms with Gasteiger partial charge >= 0.3 is 0 Å². The molecular weight excluding hydrogens is 214 g/mol. The van der Waals surface area contributed by atoms with E-state index in [0.717, 1.165) is 29.2 Å². The first kappa shape index (κ1) is 9.75. The fourth-order valence-corrected chi connectivity index (χ4v) is 4.38. The van der Waals surface area contributed by atoms with Gasteiger partial charge in [0.2, 0.25) is 5.91 Å². The summed E-state index contributed by atoms with van der Waals surface area (Å²) in [6, 6.07) is 1.90. The standard InChI is InChI=1S/C14H17NO2/c16-14(15-6-8-3-4-17-7-8)13-11-9-1-2-10(5-9)12(11)13/h3-4,7,9-13H,1-2,5-6H2,(H,15,16)/t9-,10+,11+,12-,13?. The van der Waals surface area contributed by atoms with E-state index >= 15 is 0 Å². The van der Waals surface area contributed by atoms with Crippen LogP contribution in [0.3, 0.4) is 0 Å². The lowest BCUT2D eigenvalue weighted by molar-refractivity contribution is -0.123. The monoisotopic (exact) mass is 231 g/mol. The Morgan fingerprint density at radius 3 is 2.76 bits per heavy atom. The number of furan rings is 1. The summed E-state index contributed by atoms with van der Waals surface area (Å²) in [6.45, 7) is 0.612. The second kappa shape index (κ2) is 3.37. The normalized spacial score (nSPS) is 41.3. The molecule has 1 amide bonds. The highest BCUT2D eigenvalue weighted by Gasteiger charge is 2.67. The van der Waals surface area contributed by atoms with Gasteiger partial charge in [-0.15, -0.1) is 0 Å². The fraction of sp³-hybridized carbons (Fsp3) is 0.643. The number of hydrogen-bond acceptors (Lipinski definition) is 2. The van der Waals surface area contributed by atoms with Gasteiger partial charge in [0, 0.05) is 18.0 Å². The number of rotatable bonds is 3. The maximum absolute atomic E-state index is 12.1. The van der Waals surface area contributed by atoms with Crippen LogP contribution in [0, 0.1) is 29.6 Å². The first-order chi connectivity index (χ1) is 8.34. The molecule has 0 spiro atoms. The van der Waals surface area contributed by atoms with Crippen LogP contribution in [-0.2, 0) is 11.3 Å². The van der Waals surface area contributed by atoms with E-state index in [0.29, 0.717) is 12.5 Å². The molecule has 2 bridgehead atoms. The van der Waals surface area contributed by atoms with Crippen LogP contribution in [0.5, 0.6) is 0 Å². The van der Waals surface area contributed by atoms with Crippen molar-refractivity contribution in [3.8, 4) is 0 Å². The van der Waals surface area contributed by atoms with Crippen LogP contribution in [0.2, 0.25) is 0 Å². The number of fused-ring (bicyclic) bond motifs is 5. The smallest absolute Gasteiger partial charge is 0.223 e. The quantitative estimate of drug-likeness (QED) is 0.866. The van der Waals surface area contributed by atoms with E-state index in [1.54, 1.807) is 12.5 Å². The van der Waals surface area contributed by atoms with Crippen molar-refractivity contribution in [3.05, 3.63) is 24.2 Å². The van der Waals surface area contributed by atoms with Crippen molar-refractivity contribution >= 4 is 5.91 Å². The maximum Gasteiger partial charge on any atom is 0.223 e. The van der Waals surface area contributed by atoms with Crippen molar-refractivity contribution in [2.75, 3.05) is 0 Å². The topological polar surface area (TPSA) is 42.2 Å². The third kappa shape index (κ3) is 1.38. The second-order valence-corrected chi connectivity index (χ2v) is 5.86. The fourth-order valence-electron chi connectivity index (χ4n) is 4.38. The Balaban J connectivity index is 1.37. The van der Waals surface area contributed by atoms with Crippen molar-refractivity contribution in [1.82, 2.24) is 5.32 Å². The Bertz CT molecular complexity index is 423. The minimum atomic E-state index is 0.276. The molecule has 3 fully saturated rings. The third-order valence-electron chi connectivity index (χ3n) is 5.08. The van der Waals surface area contributed by atoms with Crippen molar-refractivity contribution in [2.45, 2.75) is 25.8 Å². The second-order valence-electron chi connectivity index (χ2n) is 5.86. The number of carbonyl (C=O) groups excluding carboxylic acids is 1. The summed E-state index contributed by atoms with van der Waals surface area (Å²) in [5.74, 6) is 3.83. The molecule has 3 saturated carbocycles. The number of hydrogen-bond donors (Lipinski definition) is 1. The summed E-state index contributed by atoms with van der Waals surface area (Å²) in [6.07, 6.45) is 7.49. The average molecular weight is 231 g/mol. The Morgan fingerprint density at radius 2 is 2.12 bits per heavy atom. The maximum atomic E-state index is 12.1. The molecule has 1 unspecified atom stereocenters. The highest BCUT2D eigenvalue weighted by atomic mass is 16.3. The Morgan fingerprint density at radius 1 is 1.35 bits per heavy atom. The van der Waals surface area contributed by atoms with Crippen LogP contribution in [0.25, 0.3) is 0 Å². The highest BCUT2D eigenvalue weighted by molar-refractivity contribution is 5.82. The molecule has 0 aromatic carbocycles. The van der Waals surface area contributed by atoms with Crippen LogP contribution < -0.4 is 5.32 Å². The van der Waals surface area contributed by atoms with Gasteiger partial charge in [0.15, 0.2) is 0 Å². The Hall–Kier alpha value is -1.25. The van der Waals surface area contributed by atoms with Crippen molar-refractivity contribution < 1.29 is 9.21 Å². The molecule has 3 heteroatoms. The van der Waals surface area contributed by atoms with E-state index < -0.39 is 0 Å². The van der Waals surface area contributed by atoms with E-state index in [1.165, 1.54) is 19.3 Å². The van der Waals surface area contributed by atoms with Gasteiger partial charge in [0.05, 0.1) is 12.5 Å². The molecule has 3 aliphatic rings. The van der Waals surface area contributed by atoms with Crippen LogP contribution >= 0.6 is 0 Å². The minimum absolute atomic E-state index is 0.276. The first-order valence-corrected chi connectivity index (χ1v) is 6.63. The largest absolute Gasteiger partial charge is 0.472 e. The third-order valence-corrected chi connectivity index (χ3v) is 5.08. The molecule has 0 aliphatic heterocycles. The van der Waals surface area contributed by atoms with Gasteiger partial charge < -0.3 is 9.73 Å². The summed E-state index contributed by atoms with van der Waals surface area (Å²) in [7, 11) is 0. The number of nitrogens with one attached hydrogen (secondary N) is 1. The molecule has 1 aromatic heterocycles. The summed E-state index contributed by atoms with van der Waals surface area (Å²) >= 11 is 0. The van der Waals surface area contributed by atoms with Gasteiger partial charge in [0.1, 0.15) is 0 Å². The van der Waals surface area contributed by atoms with E-state index in [2.05, 4.69) is 5.32 Å². The van der Waals surface area contributed by atoms with Gasteiger partial charge in [-0.3, -0.25) is 4.79 Å². The first-order valence-electron chi connectivity index (χ1n) is 6.63. The van der Waals surface area contributed by atoms with Crippen LogP contribution in [0.4, 0.5) is 0 Å². The summed E-state index contributed by atoms with van der Waals surface area (Å²) in [5, 5.41) is 3.05. The molecular formula is C14H17NO2. The van der Waals surface area contributed by atoms with Gasteiger partial charge in [0.25, 0.3) is 0 Å². The zero-order valence-corrected chi connectivity index (χ0v) is 9.76. The number of amides is 1. The minimum Gasteiger partial charge on any atom is -0.472 e. The predicted octanol–water partition coefficient (Wildman–Crippen LogP) is 2.19. The van der Waals surface area contributed by atoms with Gasteiger partial charge in [-0.1, -0.05) is 0 Å². The van der Waals surface area contributed by atoms with Gasteiger partial charge in [-0.2, -0.15) is 0 Å². The van der Waals surface area contributed by atoms with Crippen LogP contribution in [-0.4, -0.2) is 5.91 Å². The summed E-state index contributed by atoms with van der Waals surface area (Å²) in [5.41, 5.74) is 1.05. The van der Waals surface area contributed by atoms with Crippen molar-refractivity contribution in [2.24, 2.45) is 29.6 Å². The van der Waals surface area contributed by atoms with E-state index in [4.69, 9.17) is 4.42 Å². The average Bonchev–Trinajstić information content (AvgIpc) is 2.80. The van der Waals surface area contributed by atoms with Crippen molar-refractivity contribution in [3.63, 3.8) is 0 Å². The van der Waals surface area contributed by atoms with E-state index in [-0.39, 0.29) is 5.91 Å². The highest BCUT2D eigenvalue weighted by Crippen LogP contribution is 2.69. The molecule has 1 heterocycles. The lowest BCUT2D eigenvalue weighted by atomic mass is 10.0. The van der Waals surface area contributed by atoms with Crippen LogP contribution in [0.15, 0.2) is 23.0 Å².